The number of hydrogen-bond donors (Lipinski definition) is 1. The minimum atomic E-state index is -0.504. The van der Waals surface area contributed by atoms with Crippen molar-refractivity contribution in [1.29, 1.82) is 5.26 Å². The van der Waals surface area contributed by atoms with Crippen molar-refractivity contribution in [2.75, 3.05) is 19.0 Å². The number of methoxy groups -OCH3 is 1. The second kappa shape index (κ2) is 11.9. The molecular weight excluding hydrogens is 608 g/mol. The van der Waals surface area contributed by atoms with Gasteiger partial charge in [0.05, 0.1) is 37.3 Å². The van der Waals surface area contributed by atoms with Gasteiger partial charge in [0.15, 0.2) is 18.1 Å². The molecule has 11 heteroatoms. The van der Waals surface area contributed by atoms with Crippen molar-refractivity contribution in [3.63, 3.8) is 0 Å². The number of amides is 1. The summed E-state index contributed by atoms with van der Waals surface area (Å²) >= 11 is 13.9. The van der Waals surface area contributed by atoms with E-state index in [-0.39, 0.29) is 12.3 Å². The summed E-state index contributed by atoms with van der Waals surface area (Å²) in [5.74, 6) is 0.324. The van der Waals surface area contributed by atoms with E-state index in [1.807, 2.05) is 22.6 Å². The van der Waals surface area contributed by atoms with Crippen molar-refractivity contribution in [1.82, 2.24) is 0 Å². The number of nitriles is 1. The molecule has 3 rings (SSSR count). The van der Waals surface area contributed by atoms with E-state index in [0.717, 1.165) is 0 Å². The third-order valence-electron chi connectivity index (χ3n) is 4.62. The van der Waals surface area contributed by atoms with Gasteiger partial charge < -0.3 is 14.8 Å². The number of nitro benzene ring substituents is 1. The monoisotopic (exact) mass is 623 g/mol. The first kappa shape index (κ1) is 26.3. The predicted octanol–water partition coefficient (Wildman–Crippen LogP) is 6.60. The van der Waals surface area contributed by atoms with Crippen molar-refractivity contribution in [3.8, 4) is 17.6 Å². The molecule has 0 aliphatic heterocycles. The lowest BCUT2D eigenvalue weighted by Gasteiger charge is -2.14. The standard InChI is InChI=1S/C24H16Cl2IN3O5/c1-34-22-10-14(8-16(12-28)15-2-5-18(6-3-15)30(32)33)9-21(27)24(22)35-13-23(31)29-17-4-7-19(25)20(26)11-17/h2-11H,13H2,1H3,(H,29,31)/b16-8+. The van der Waals surface area contributed by atoms with E-state index in [0.29, 0.717) is 47.5 Å². The molecule has 0 saturated carbocycles. The fourth-order valence-electron chi connectivity index (χ4n) is 2.98. The number of hydrogen-bond acceptors (Lipinski definition) is 6. The van der Waals surface area contributed by atoms with Crippen LogP contribution in [0.3, 0.4) is 0 Å². The quantitative estimate of drug-likeness (QED) is 0.0994. The van der Waals surface area contributed by atoms with Gasteiger partial charge in [-0.15, -0.1) is 0 Å². The van der Waals surface area contributed by atoms with Crippen LogP contribution < -0.4 is 14.8 Å². The number of nitro groups is 1. The zero-order chi connectivity index (χ0) is 25.5. The van der Waals surface area contributed by atoms with Crippen LogP contribution in [0.25, 0.3) is 11.6 Å². The zero-order valence-corrected chi connectivity index (χ0v) is 21.7. The van der Waals surface area contributed by atoms with E-state index in [2.05, 4.69) is 11.4 Å². The predicted molar refractivity (Wildman–Crippen MR) is 143 cm³/mol. The Morgan fingerprint density at radius 3 is 2.49 bits per heavy atom. The lowest BCUT2D eigenvalue weighted by Crippen LogP contribution is -2.20. The topological polar surface area (TPSA) is 114 Å². The van der Waals surface area contributed by atoms with Crippen LogP contribution in [0, 0.1) is 25.0 Å². The van der Waals surface area contributed by atoms with Crippen molar-refractivity contribution < 1.29 is 19.2 Å². The summed E-state index contributed by atoms with van der Waals surface area (Å²) in [6.45, 7) is -0.284. The van der Waals surface area contributed by atoms with Crippen LogP contribution in [0.4, 0.5) is 11.4 Å². The van der Waals surface area contributed by atoms with Crippen LogP contribution in [-0.2, 0) is 4.79 Å². The normalized spacial score (nSPS) is 10.9. The Morgan fingerprint density at radius 2 is 1.89 bits per heavy atom. The Bertz CT molecular complexity index is 1350. The Morgan fingerprint density at radius 1 is 1.17 bits per heavy atom. The zero-order valence-electron chi connectivity index (χ0n) is 18.1. The first-order valence-corrected chi connectivity index (χ1v) is 11.7. The van der Waals surface area contributed by atoms with Gasteiger partial charge in [0.25, 0.3) is 11.6 Å². The second-order valence-electron chi connectivity index (χ2n) is 6.97. The molecule has 0 aromatic heterocycles. The van der Waals surface area contributed by atoms with Crippen LogP contribution in [0.2, 0.25) is 10.0 Å². The third kappa shape index (κ3) is 6.85. The maximum absolute atomic E-state index is 12.3. The highest BCUT2D eigenvalue weighted by molar-refractivity contribution is 14.1. The summed E-state index contributed by atoms with van der Waals surface area (Å²) in [5.41, 5.74) is 1.91. The molecule has 0 unspecified atom stereocenters. The minimum Gasteiger partial charge on any atom is -0.493 e. The van der Waals surface area contributed by atoms with Gasteiger partial charge in [-0.1, -0.05) is 23.2 Å². The summed E-state index contributed by atoms with van der Waals surface area (Å²) in [5, 5.41) is 23.8. The number of non-ortho nitro benzene ring substituents is 1. The number of benzene rings is 3. The molecule has 3 aromatic carbocycles. The molecule has 0 aliphatic carbocycles. The van der Waals surface area contributed by atoms with Crippen molar-refractivity contribution in [2.24, 2.45) is 0 Å². The maximum Gasteiger partial charge on any atom is 0.269 e. The van der Waals surface area contributed by atoms with Crippen LogP contribution in [0.5, 0.6) is 11.5 Å². The Hall–Kier alpha value is -3.33. The molecule has 0 atom stereocenters. The molecule has 35 heavy (non-hydrogen) atoms. The average molecular weight is 624 g/mol. The Balaban J connectivity index is 1.78. The SMILES string of the molecule is COc1cc(/C=C(\C#N)c2ccc([N+](=O)[O-])cc2)cc(I)c1OCC(=O)Nc1ccc(Cl)c(Cl)c1. The average Bonchev–Trinajstić information content (AvgIpc) is 2.83. The first-order valence-electron chi connectivity index (χ1n) is 9.83. The molecule has 0 fully saturated rings. The summed E-state index contributed by atoms with van der Waals surface area (Å²) < 4.78 is 11.8. The van der Waals surface area contributed by atoms with Gasteiger partial charge in [-0.2, -0.15) is 5.26 Å². The van der Waals surface area contributed by atoms with Gasteiger partial charge >= 0.3 is 0 Å². The number of allylic oxidation sites excluding steroid dienone is 1. The highest BCUT2D eigenvalue weighted by atomic mass is 127. The van der Waals surface area contributed by atoms with E-state index in [4.69, 9.17) is 32.7 Å². The maximum atomic E-state index is 12.3. The highest BCUT2D eigenvalue weighted by Gasteiger charge is 2.15. The summed E-state index contributed by atoms with van der Waals surface area (Å²) in [7, 11) is 1.46. The van der Waals surface area contributed by atoms with Gasteiger partial charge in [-0.25, -0.2) is 0 Å². The van der Waals surface area contributed by atoms with E-state index < -0.39 is 10.8 Å². The van der Waals surface area contributed by atoms with Gasteiger partial charge in [-0.3, -0.25) is 14.9 Å². The fourth-order valence-corrected chi connectivity index (χ4v) is 4.06. The Labute approximate surface area is 224 Å². The van der Waals surface area contributed by atoms with Crippen LogP contribution in [-0.4, -0.2) is 24.5 Å². The largest absolute Gasteiger partial charge is 0.493 e. The van der Waals surface area contributed by atoms with Gasteiger partial charge in [-0.05, 0) is 82.3 Å². The number of anilines is 1. The molecule has 0 radical (unpaired) electrons. The van der Waals surface area contributed by atoms with Gasteiger partial charge in [0.1, 0.15) is 0 Å². The van der Waals surface area contributed by atoms with Crippen LogP contribution >= 0.6 is 45.8 Å². The number of nitrogens with one attached hydrogen (secondary N) is 1. The first-order chi connectivity index (χ1) is 16.7. The molecule has 178 valence electrons. The van der Waals surface area contributed by atoms with Crippen LogP contribution in [0.1, 0.15) is 11.1 Å². The molecule has 1 N–H and O–H groups in total. The number of ether oxygens (including phenoxy) is 2. The van der Waals surface area contributed by atoms with E-state index in [1.54, 1.807) is 30.3 Å². The molecular formula is C24H16Cl2IN3O5. The molecule has 3 aromatic rings. The van der Waals surface area contributed by atoms with Gasteiger partial charge in [0.2, 0.25) is 0 Å². The molecule has 0 bridgehead atoms. The molecule has 8 nitrogen and oxygen atoms in total. The fraction of sp³-hybridized carbons (Fsp3) is 0.0833. The third-order valence-corrected chi connectivity index (χ3v) is 6.16. The highest BCUT2D eigenvalue weighted by Crippen LogP contribution is 2.35. The second-order valence-corrected chi connectivity index (χ2v) is 8.95. The van der Waals surface area contributed by atoms with E-state index in [1.165, 1.54) is 37.4 Å². The minimum absolute atomic E-state index is 0.0630. The molecule has 0 heterocycles. The molecule has 0 spiro atoms. The number of halogens is 3. The molecule has 1 amide bonds. The lowest BCUT2D eigenvalue weighted by molar-refractivity contribution is -0.384. The van der Waals surface area contributed by atoms with E-state index >= 15 is 0 Å². The molecule has 0 aliphatic rings. The Kier molecular flexibility index (Phi) is 8.92. The number of carbonyl (C=O) groups is 1. The summed E-state index contributed by atoms with van der Waals surface area (Å²) in [6.07, 6.45) is 1.63. The van der Waals surface area contributed by atoms with Crippen LogP contribution in [0.15, 0.2) is 54.6 Å². The van der Waals surface area contributed by atoms with Crippen molar-refractivity contribution in [3.05, 3.63) is 89.5 Å². The smallest absolute Gasteiger partial charge is 0.269 e. The van der Waals surface area contributed by atoms with Crippen molar-refractivity contribution >= 4 is 74.7 Å². The van der Waals surface area contributed by atoms with Gasteiger partial charge in [0, 0.05) is 17.8 Å². The molecule has 0 saturated heterocycles. The summed E-state index contributed by atoms with van der Waals surface area (Å²) in [6, 6.07) is 16.0. The number of carbonyl (C=O) groups excluding carboxylic acids is 1. The summed E-state index contributed by atoms with van der Waals surface area (Å²) in [4.78, 5) is 22.7. The van der Waals surface area contributed by atoms with Crippen molar-refractivity contribution in [2.45, 2.75) is 0 Å². The number of rotatable bonds is 8. The number of nitrogens with zero attached hydrogens (tertiary/aromatic N) is 2. The van der Waals surface area contributed by atoms with E-state index in [9.17, 15) is 20.2 Å². The lowest BCUT2D eigenvalue weighted by atomic mass is 10.0.